The first kappa shape index (κ1) is 14.1. The standard InChI is InChI=1S/C16H18N2O2/c1-18(13-9-6-10-14(11-13)20-2)16(19)15(17)12-7-4-3-5-8-12/h3-11,15H,17H2,1-2H3/t15-/m1/s1. The Morgan fingerprint density at radius 1 is 1.15 bits per heavy atom. The predicted octanol–water partition coefficient (Wildman–Crippen LogP) is 2.36. The quantitative estimate of drug-likeness (QED) is 0.928. The van der Waals surface area contributed by atoms with Crippen molar-refractivity contribution in [1.82, 2.24) is 0 Å². The highest BCUT2D eigenvalue weighted by atomic mass is 16.5. The van der Waals surface area contributed by atoms with Crippen molar-refractivity contribution in [2.45, 2.75) is 6.04 Å². The zero-order chi connectivity index (χ0) is 14.5. The molecule has 0 saturated heterocycles. The van der Waals surface area contributed by atoms with Crippen molar-refractivity contribution in [1.29, 1.82) is 0 Å². The van der Waals surface area contributed by atoms with E-state index in [-0.39, 0.29) is 5.91 Å². The van der Waals surface area contributed by atoms with Crippen molar-refractivity contribution in [2.24, 2.45) is 5.73 Å². The van der Waals surface area contributed by atoms with Gasteiger partial charge in [0.05, 0.1) is 7.11 Å². The van der Waals surface area contributed by atoms with Crippen molar-refractivity contribution < 1.29 is 9.53 Å². The SMILES string of the molecule is COc1cccc(N(C)C(=O)[C@H](N)c2ccccc2)c1. The van der Waals surface area contributed by atoms with Crippen molar-refractivity contribution in [3.8, 4) is 5.75 Å². The van der Waals surface area contributed by atoms with Gasteiger partial charge in [-0.15, -0.1) is 0 Å². The summed E-state index contributed by atoms with van der Waals surface area (Å²) in [4.78, 5) is 13.9. The number of rotatable bonds is 4. The minimum atomic E-state index is -0.674. The molecule has 0 aromatic heterocycles. The second kappa shape index (κ2) is 6.21. The van der Waals surface area contributed by atoms with Gasteiger partial charge in [-0.05, 0) is 17.7 Å². The van der Waals surface area contributed by atoms with E-state index in [1.807, 2.05) is 48.5 Å². The summed E-state index contributed by atoms with van der Waals surface area (Å²) < 4.78 is 5.16. The fourth-order valence-electron chi connectivity index (χ4n) is 1.96. The maximum atomic E-state index is 12.4. The molecule has 1 atom stereocenters. The highest BCUT2D eigenvalue weighted by Crippen LogP contribution is 2.22. The number of carbonyl (C=O) groups excluding carboxylic acids is 1. The number of nitrogens with zero attached hydrogens (tertiary/aromatic N) is 1. The molecule has 104 valence electrons. The van der Waals surface area contributed by atoms with Crippen LogP contribution in [0.2, 0.25) is 0 Å². The average Bonchev–Trinajstić information content (AvgIpc) is 2.53. The van der Waals surface area contributed by atoms with Gasteiger partial charge < -0.3 is 15.4 Å². The van der Waals surface area contributed by atoms with Gasteiger partial charge in [-0.1, -0.05) is 36.4 Å². The van der Waals surface area contributed by atoms with E-state index in [0.717, 1.165) is 11.3 Å². The van der Waals surface area contributed by atoms with Gasteiger partial charge in [-0.3, -0.25) is 4.79 Å². The van der Waals surface area contributed by atoms with Crippen LogP contribution >= 0.6 is 0 Å². The molecule has 0 aliphatic rings. The third-order valence-electron chi connectivity index (χ3n) is 3.20. The number of ether oxygens (including phenoxy) is 1. The molecule has 0 aliphatic carbocycles. The smallest absolute Gasteiger partial charge is 0.248 e. The van der Waals surface area contributed by atoms with E-state index in [2.05, 4.69) is 0 Å². The first-order valence-corrected chi connectivity index (χ1v) is 6.35. The number of amides is 1. The van der Waals surface area contributed by atoms with Crippen LogP contribution in [-0.4, -0.2) is 20.1 Å². The fraction of sp³-hybridized carbons (Fsp3) is 0.188. The van der Waals surface area contributed by atoms with Gasteiger partial charge >= 0.3 is 0 Å². The van der Waals surface area contributed by atoms with E-state index >= 15 is 0 Å². The second-order valence-corrected chi connectivity index (χ2v) is 4.49. The Bertz CT molecular complexity index is 584. The number of hydrogen-bond donors (Lipinski definition) is 1. The number of benzene rings is 2. The molecule has 0 aliphatic heterocycles. The molecule has 1 amide bonds. The lowest BCUT2D eigenvalue weighted by atomic mass is 10.1. The molecule has 4 heteroatoms. The van der Waals surface area contributed by atoms with Crippen LogP contribution in [0.25, 0.3) is 0 Å². The lowest BCUT2D eigenvalue weighted by Crippen LogP contribution is -2.35. The Hall–Kier alpha value is -2.33. The molecule has 0 saturated carbocycles. The van der Waals surface area contributed by atoms with E-state index in [1.54, 1.807) is 25.1 Å². The van der Waals surface area contributed by atoms with E-state index in [4.69, 9.17) is 10.5 Å². The average molecular weight is 270 g/mol. The van der Waals surface area contributed by atoms with Crippen LogP contribution < -0.4 is 15.4 Å². The van der Waals surface area contributed by atoms with Crippen LogP contribution in [0.1, 0.15) is 11.6 Å². The van der Waals surface area contributed by atoms with Crippen molar-refractivity contribution in [3.63, 3.8) is 0 Å². The minimum absolute atomic E-state index is 0.163. The van der Waals surface area contributed by atoms with Gasteiger partial charge in [0.25, 0.3) is 0 Å². The highest BCUT2D eigenvalue weighted by Gasteiger charge is 2.20. The number of anilines is 1. The number of carbonyl (C=O) groups is 1. The van der Waals surface area contributed by atoms with Gasteiger partial charge in [0.1, 0.15) is 11.8 Å². The maximum Gasteiger partial charge on any atom is 0.248 e. The van der Waals surface area contributed by atoms with E-state index < -0.39 is 6.04 Å². The summed E-state index contributed by atoms with van der Waals surface area (Å²) in [6.07, 6.45) is 0. The predicted molar refractivity (Wildman–Crippen MR) is 79.8 cm³/mol. The minimum Gasteiger partial charge on any atom is -0.497 e. The summed E-state index contributed by atoms with van der Waals surface area (Å²) in [5, 5.41) is 0. The number of hydrogen-bond acceptors (Lipinski definition) is 3. The molecule has 2 aromatic rings. The Morgan fingerprint density at radius 3 is 2.50 bits per heavy atom. The van der Waals surface area contributed by atoms with E-state index in [1.165, 1.54) is 0 Å². The number of nitrogens with two attached hydrogens (primary N) is 1. The maximum absolute atomic E-state index is 12.4. The zero-order valence-corrected chi connectivity index (χ0v) is 11.6. The summed E-state index contributed by atoms with van der Waals surface area (Å²) >= 11 is 0. The summed E-state index contributed by atoms with van der Waals surface area (Å²) in [5.41, 5.74) is 7.57. The molecular formula is C16H18N2O2. The molecule has 0 fully saturated rings. The van der Waals surface area contributed by atoms with E-state index in [9.17, 15) is 4.79 Å². The summed E-state index contributed by atoms with van der Waals surface area (Å²) in [6, 6.07) is 16.0. The topological polar surface area (TPSA) is 55.6 Å². The van der Waals surface area contributed by atoms with Crippen LogP contribution in [0.4, 0.5) is 5.69 Å². The van der Waals surface area contributed by atoms with Crippen molar-refractivity contribution in [3.05, 3.63) is 60.2 Å². The normalized spacial score (nSPS) is 11.8. The van der Waals surface area contributed by atoms with Gasteiger partial charge in [-0.25, -0.2) is 0 Å². The molecule has 0 heterocycles. The molecular weight excluding hydrogens is 252 g/mol. The Labute approximate surface area is 118 Å². The molecule has 4 nitrogen and oxygen atoms in total. The molecule has 2 aromatic carbocycles. The summed E-state index contributed by atoms with van der Waals surface area (Å²) in [6.45, 7) is 0. The first-order chi connectivity index (χ1) is 9.63. The molecule has 0 bridgehead atoms. The monoisotopic (exact) mass is 270 g/mol. The molecule has 2 N–H and O–H groups in total. The molecule has 2 rings (SSSR count). The third-order valence-corrected chi connectivity index (χ3v) is 3.20. The van der Waals surface area contributed by atoms with Crippen LogP contribution in [-0.2, 0) is 4.79 Å². The van der Waals surface area contributed by atoms with Gasteiger partial charge in [-0.2, -0.15) is 0 Å². The van der Waals surface area contributed by atoms with Crippen LogP contribution in [0.3, 0.4) is 0 Å². The van der Waals surface area contributed by atoms with Gasteiger partial charge in [0.2, 0.25) is 5.91 Å². The largest absolute Gasteiger partial charge is 0.497 e. The molecule has 0 radical (unpaired) electrons. The van der Waals surface area contributed by atoms with Crippen LogP contribution in [0.15, 0.2) is 54.6 Å². The van der Waals surface area contributed by atoms with Gasteiger partial charge in [0, 0.05) is 18.8 Å². The third kappa shape index (κ3) is 2.97. The molecule has 20 heavy (non-hydrogen) atoms. The van der Waals surface area contributed by atoms with Crippen molar-refractivity contribution >= 4 is 11.6 Å². The fourth-order valence-corrected chi connectivity index (χ4v) is 1.96. The highest BCUT2D eigenvalue weighted by molar-refractivity contribution is 5.97. The molecule has 0 unspecified atom stereocenters. The van der Waals surface area contributed by atoms with Crippen LogP contribution in [0.5, 0.6) is 5.75 Å². The van der Waals surface area contributed by atoms with E-state index in [0.29, 0.717) is 5.75 Å². The number of methoxy groups -OCH3 is 1. The second-order valence-electron chi connectivity index (χ2n) is 4.49. The summed E-state index contributed by atoms with van der Waals surface area (Å²) in [7, 11) is 3.30. The number of likely N-dealkylation sites (N-methyl/N-ethyl adjacent to an activating group) is 1. The summed E-state index contributed by atoms with van der Waals surface area (Å²) in [5.74, 6) is 0.542. The lowest BCUT2D eigenvalue weighted by molar-refractivity contribution is -0.119. The lowest BCUT2D eigenvalue weighted by Gasteiger charge is -2.22. The first-order valence-electron chi connectivity index (χ1n) is 6.35. The Morgan fingerprint density at radius 2 is 1.85 bits per heavy atom. The Kier molecular flexibility index (Phi) is 4.38. The Balaban J connectivity index is 2.19. The van der Waals surface area contributed by atoms with Crippen molar-refractivity contribution in [2.75, 3.05) is 19.1 Å². The van der Waals surface area contributed by atoms with Crippen LogP contribution in [0, 0.1) is 0 Å². The van der Waals surface area contributed by atoms with Gasteiger partial charge in [0.15, 0.2) is 0 Å². The molecule has 0 spiro atoms. The zero-order valence-electron chi connectivity index (χ0n) is 11.6.